The summed E-state index contributed by atoms with van der Waals surface area (Å²) in [6.07, 6.45) is 1.00. The number of aromatic nitrogens is 1. The van der Waals surface area contributed by atoms with Gasteiger partial charge < -0.3 is 10.5 Å². The zero-order valence-corrected chi connectivity index (χ0v) is 13.0. The number of nitrogens with two attached hydrogens (primary N) is 1. The Hall–Kier alpha value is -1.65. The van der Waals surface area contributed by atoms with Crippen LogP contribution in [0.5, 0.6) is 5.75 Å². The summed E-state index contributed by atoms with van der Waals surface area (Å²) < 4.78 is 5.36. The molecule has 1 aliphatic heterocycles. The van der Waals surface area contributed by atoms with Gasteiger partial charge in [0.25, 0.3) is 0 Å². The second-order valence-corrected chi connectivity index (χ2v) is 5.74. The van der Waals surface area contributed by atoms with Crippen molar-refractivity contribution in [1.29, 1.82) is 0 Å². The quantitative estimate of drug-likeness (QED) is 0.942. The molecule has 0 amide bonds. The Balaban J connectivity index is 2.25. The molecule has 0 fully saturated rings. The minimum Gasteiger partial charge on any atom is -0.497 e. The summed E-state index contributed by atoms with van der Waals surface area (Å²) >= 11 is 0. The first-order chi connectivity index (χ1) is 10.1. The highest BCUT2D eigenvalue weighted by Gasteiger charge is 2.23. The van der Waals surface area contributed by atoms with Gasteiger partial charge in [0, 0.05) is 36.6 Å². The largest absolute Gasteiger partial charge is 0.497 e. The SMILES string of the molecule is CCN1CCc2nc3ccc(OC)cc3c(C(C)N)c2C1. The van der Waals surface area contributed by atoms with E-state index in [1.165, 1.54) is 16.8 Å². The molecule has 0 saturated carbocycles. The summed E-state index contributed by atoms with van der Waals surface area (Å²) in [5, 5.41) is 1.13. The Morgan fingerprint density at radius 2 is 2.24 bits per heavy atom. The number of rotatable bonds is 3. The average molecular weight is 285 g/mol. The number of methoxy groups -OCH3 is 1. The van der Waals surface area contributed by atoms with Crippen molar-refractivity contribution in [3.63, 3.8) is 0 Å². The Morgan fingerprint density at radius 1 is 1.43 bits per heavy atom. The lowest BCUT2D eigenvalue weighted by Gasteiger charge is -2.30. The highest BCUT2D eigenvalue weighted by molar-refractivity contribution is 5.85. The van der Waals surface area contributed by atoms with Gasteiger partial charge in [-0.2, -0.15) is 0 Å². The van der Waals surface area contributed by atoms with Crippen molar-refractivity contribution in [1.82, 2.24) is 9.88 Å². The van der Waals surface area contributed by atoms with E-state index in [0.29, 0.717) is 0 Å². The minimum atomic E-state index is -0.00633. The predicted molar refractivity (Wildman–Crippen MR) is 85.6 cm³/mol. The van der Waals surface area contributed by atoms with Gasteiger partial charge in [-0.05, 0) is 42.8 Å². The van der Waals surface area contributed by atoms with Crippen LogP contribution in [-0.4, -0.2) is 30.1 Å². The Kier molecular flexibility index (Phi) is 3.83. The van der Waals surface area contributed by atoms with E-state index in [4.69, 9.17) is 15.5 Å². The molecular weight excluding hydrogens is 262 g/mol. The molecule has 3 rings (SSSR count). The van der Waals surface area contributed by atoms with E-state index in [-0.39, 0.29) is 6.04 Å². The van der Waals surface area contributed by atoms with E-state index in [1.54, 1.807) is 7.11 Å². The number of nitrogens with zero attached hydrogens (tertiary/aromatic N) is 2. The highest BCUT2D eigenvalue weighted by Crippen LogP contribution is 2.33. The fourth-order valence-electron chi connectivity index (χ4n) is 3.23. The molecule has 0 aliphatic carbocycles. The predicted octanol–water partition coefficient (Wildman–Crippen LogP) is 2.64. The summed E-state index contributed by atoms with van der Waals surface area (Å²) in [5.74, 6) is 0.856. The molecule has 0 radical (unpaired) electrons. The number of fused-ring (bicyclic) bond motifs is 2. The summed E-state index contributed by atoms with van der Waals surface area (Å²) in [7, 11) is 1.69. The fourth-order valence-corrected chi connectivity index (χ4v) is 3.23. The molecule has 1 aliphatic rings. The topological polar surface area (TPSA) is 51.4 Å². The van der Waals surface area contributed by atoms with Gasteiger partial charge in [0.1, 0.15) is 5.75 Å². The molecule has 112 valence electrons. The molecule has 1 atom stereocenters. The number of pyridine rings is 1. The first-order valence-corrected chi connectivity index (χ1v) is 7.61. The normalized spacial score (nSPS) is 16.8. The molecule has 1 aromatic carbocycles. The van der Waals surface area contributed by atoms with Crippen molar-refractivity contribution in [2.75, 3.05) is 20.2 Å². The van der Waals surface area contributed by atoms with Crippen LogP contribution in [0, 0.1) is 0 Å². The van der Waals surface area contributed by atoms with Crippen LogP contribution in [0.3, 0.4) is 0 Å². The van der Waals surface area contributed by atoms with E-state index in [2.05, 4.69) is 24.8 Å². The van der Waals surface area contributed by atoms with Gasteiger partial charge in [0.15, 0.2) is 0 Å². The van der Waals surface area contributed by atoms with Crippen molar-refractivity contribution in [2.45, 2.75) is 32.9 Å². The summed E-state index contributed by atoms with van der Waals surface area (Å²) in [6, 6.07) is 6.06. The van der Waals surface area contributed by atoms with E-state index in [0.717, 1.165) is 42.7 Å². The van der Waals surface area contributed by atoms with Crippen LogP contribution in [0.4, 0.5) is 0 Å². The fraction of sp³-hybridized carbons (Fsp3) is 0.471. The van der Waals surface area contributed by atoms with Crippen molar-refractivity contribution >= 4 is 10.9 Å². The molecule has 4 nitrogen and oxygen atoms in total. The third kappa shape index (κ3) is 2.49. The molecule has 21 heavy (non-hydrogen) atoms. The molecule has 0 spiro atoms. The first-order valence-electron chi connectivity index (χ1n) is 7.61. The maximum atomic E-state index is 6.30. The maximum absolute atomic E-state index is 6.30. The molecule has 1 aromatic heterocycles. The van der Waals surface area contributed by atoms with Crippen LogP contribution >= 0.6 is 0 Å². The standard InChI is InChI=1S/C17H23N3O/c1-4-20-8-7-16-14(10-20)17(11(2)18)13-9-12(21-3)5-6-15(13)19-16/h5-6,9,11H,4,7-8,10,18H2,1-3H3. The number of hydrogen-bond donors (Lipinski definition) is 1. The first kappa shape index (κ1) is 14.3. The van der Waals surface area contributed by atoms with Crippen LogP contribution in [0.15, 0.2) is 18.2 Å². The monoisotopic (exact) mass is 285 g/mol. The summed E-state index contributed by atoms with van der Waals surface area (Å²) in [6.45, 7) is 7.35. The molecule has 2 aromatic rings. The van der Waals surface area contributed by atoms with Crippen LogP contribution in [-0.2, 0) is 13.0 Å². The van der Waals surface area contributed by atoms with Crippen LogP contribution in [0.2, 0.25) is 0 Å². The number of hydrogen-bond acceptors (Lipinski definition) is 4. The van der Waals surface area contributed by atoms with Crippen LogP contribution in [0.25, 0.3) is 10.9 Å². The molecular formula is C17H23N3O. The van der Waals surface area contributed by atoms with Crippen molar-refractivity contribution in [2.24, 2.45) is 5.73 Å². The van der Waals surface area contributed by atoms with E-state index in [1.807, 2.05) is 12.1 Å². The van der Waals surface area contributed by atoms with Crippen LogP contribution in [0.1, 0.15) is 36.7 Å². The zero-order valence-electron chi connectivity index (χ0n) is 13.0. The van der Waals surface area contributed by atoms with Gasteiger partial charge in [-0.1, -0.05) is 6.92 Å². The van der Waals surface area contributed by atoms with E-state index < -0.39 is 0 Å². The third-order valence-electron chi connectivity index (χ3n) is 4.37. The zero-order chi connectivity index (χ0) is 15.0. The lowest BCUT2D eigenvalue weighted by Crippen LogP contribution is -2.32. The molecule has 1 unspecified atom stereocenters. The lowest BCUT2D eigenvalue weighted by molar-refractivity contribution is 0.264. The third-order valence-corrected chi connectivity index (χ3v) is 4.37. The van der Waals surface area contributed by atoms with Gasteiger partial charge in [-0.25, -0.2) is 0 Å². The molecule has 2 N–H and O–H groups in total. The number of likely N-dealkylation sites (N-methyl/N-ethyl adjacent to an activating group) is 1. The van der Waals surface area contributed by atoms with E-state index in [9.17, 15) is 0 Å². The number of ether oxygens (including phenoxy) is 1. The summed E-state index contributed by atoms with van der Waals surface area (Å²) in [4.78, 5) is 7.31. The lowest BCUT2D eigenvalue weighted by atomic mass is 9.92. The molecule has 4 heteroatoms. The molecule has 0 saturated heterocycles. The number of benzene rings is 1. The minimum absolute atomic E-state index is 0.00633. The maximum Gasteiger partial charge on any atom is 0.119 e. The Labute approximate surface area is 125 Å². The van der Waals surface area contributed by atoms with Gasteiger partial charge in [-0.15, -0.1) is 0 Å². The second-order valence-electron chi connectivity index (χ2n) is 5.74. The van der Waals surface area contributed by atoms with Gasteiger partial charge >= 0.3 is 0 Å². The molecule has 2 heterocycles. The summed E-state index contributed by atoms with van der Waals surface area (Å²) in [5.41, 5.74) is 11.1. The molecule has 0 bridgehead atoms. The van der Waals surface area contributed by atoms with Gasteiger partial charge in [-0.3, -0.25) is 9.88 Å². The van der Waals surface area contributed by atoms with Crippen molar-refractivity contribution in [3.8, 4) is 5.75 Å². The van der Waals surface area contributed by atoms with Gasteiger partial charge in [0.2, 0.25) is 0 Å². The Bertz CT molecular complexity index is 667. The van der Waals surface area contributed by atoms with Gasteiger partial charge in [0.05, 0.1) is 12.6 Å². The average Bonchev–Trinajstić information content (AvgIpc) is 2.51. The van der Waals surface area contributed by atoms with E-state index >= 15 is 0 Å². The highest BCUT2D eigenvalue weighted by atomic mass is 16.5. The van der Waals surface area contributed by atoms with Crippen molar-refractivity contribution in [3.05, 3.63) is 35.0 Å². The van der Waals surface area contributed by atoms with Crippen molar-refractivity contribution < 1.29 is 4.74 Å². The Morgan fingerprint density at radius 3 is 2.90 bits per heavy atom. The smallest absolute Gasteiger partial charge is 0.119 e. The second kappa shape index (κ2) is 5.62. The van der Waals surface area contributed by atoms with Crippen LogP contribution < -0.4 is 10.5 Å².